The molecule has 6 fully saturated rings. The number of nitro benzene ring substituents is 1. The SMILES string of the molecule is C.C.C.C.O=C(Cl)c1cccc(Cl)c1.O=C(Nc1cc(Cl)ccc1N1CCC(CCBr)CC1)c1cccc(Cl)c1.O=C(Nc1cc(Cl)ccc1N1CCC(CCN2CCC(O)CC2)CC1)c1cccc(Cl)c1.O=C(Nc1cc(Cl)ccc1N1CCC(CCO)CC1)c1cccc(Cl)c1.O=[N+]([O-])c1cc(Cl)ccc1Cl.OC1CCNCC1.OCCC1CCNCC1. The lowest BCUT2D eigenvalue weighted by Crippen LogP contribution is -2.39. The van der Waals surface area contributed by atoms with E-state index in [9.17, 15) is 34.4 Å². The van der Waals surface area contributed by atoms with E-state index in [2.05, 4.69) is 62.1 Å². The van der Waals surface area contributed by atoms with E-state index in [0.29, 0.717) is 80.6 Å². The fraction of sp³-hybridized carbons (Fsp3) is 0.447. The Morgan fingerprint density at radius 1 is 0.392 bits per heavy atom. The number of hydrogen-bond donors (Lipinski definition) is 9. The van der Waals surface area contributed by atoms with Gasteiger partial charge in [-0.15, -0.1) is 0 Å². The Morgan fingerprint density at radius 2 is 0.696 bits per heavy atom. The van der Waals surface area contributed by atoms with Crippen molar-refractivity contribution in [1.29, 1.82) is 0 Å². The molecule has 31 heteroatoms. The van der Waals surface area contributed by atoms with E-state index in [-0.39, 0.29) is 77.0 Å². The van der Waals surface area contributed by atoms with Crippen LogP contribution in [0.5, 0.6) is 0 Å². The number of benzene rings is 8. The fourth-order valence-electron chi connectivity index (χ4n) is 14.8. The van der Waals surface area contributed by atoms with Gasteiger partial charge in [-0.25, -0.2) is 0 Å². The maximum absolute atomic E-state index is 12.8. The van der Waals surface area contributed by atoms with Crippen molar-refractivity contribution >= 4 is 195 Å². The summed E-state index contributed by atoms with van der Waals surface area (Å²) in [5, 5.41) is 66.8. The number of halogens is 11. The zero-order valence-electron chi connectivity index (χ0n) is 67.4. The standard InChI is InChI=1S/C25H31Cl2N3O2.C20H21BrCl2N2O.C20H22Cl2N2O2.C7H4Cl2O.C7H15NO.C6H3Cl2NO2.C5H11NO.4CH4/c26-20-3-1-2-19(16-20)25(32)28-23-17-21(27)4-5-24(23)30-14-7-18(8-15-30)6-11-29-12-9-22(31)10-13-29;21-9-6-14-7-10-25(11-8-14)19-5-4-17(23)13-18(19)24-20(26)15-2-1-3-16(22)12-15;21-16-3-1-2-15(12-16)20(26)23-18-13-17(22)4-5-19(18)24-9-6-14(7-10-24)8-11-25;8-6-3-1-2-5(4-6)7(9)10;9-6-3-7-1-4-8-5-2-7;7-4-1-2-5(8)6(3-4)9(10)11;7-5-1-3-6-4-2-5;;;;/h1-5,16-18,22,31H,6-15H2,(H,28,32);1-5,12-14H,6-11H2,(H,24,26);1-5,12-14,25H,6-11H2,(H,23,26);1-4H;7-9H,1-6H2;1-3H;5-7H,1-4H2;4*1H4. The molecule has 6 saturated heterocycles. The van der Waals surface area contributed by atoms with Gasteiger partial charge < -0.3 is 66.6 Å². The number of hydrogen-bond acceptors (Lipinski definition) is 16. The number of aliphatic hydroxyl groups excluding tert-OH is 4. The van der Waals surface area contributed by atoms with Gasteiger partial charge in [0.25, 0.3) is 28.7 Å². The molecule has 8 aromatic rings. The number of aliphatic hydroxyl groups is 4. The quantitative estimate of drug-likeness (QED) is 0.0149. The number of nitrogens with zero attached hydrogens (tertiary/aromatic N) is 5. The van der Waals surface area contributed by atoms with Gasteiger partial charge in [0.2, 0.25) is 0 Å². The summed E-state index contributed by atoms with van der Waals surface area (Å²) in [4.78, 5) is 67.6. The molecule has 0 spiro atoms. The Hall–Kier alpha value is -6.26. The molecule has 0 saturated carbocycles. The van der Waals surface area contributed by atoms with Crippen LogP contribution in [0.2, 0.25) is 45.2 Å². The summed E-state index contributed by atoms with van der Waals surface area (Å²) in [6, 6.07) is 48.2. The van der Waals surface area contributed by atoms with E-state index in [0.717, 1.165) is 214 Å². The molecule has 14 rings (SSSR count). The highest BCUT2D eigenvalue weighted by molar-refractivity contribution is 9.09. The van der Waals surface area contributed by atoms with E-state index in [1.807, 2.05) is 48.5 Å². The monoisotopic (exact) mass is 1980 g/mol. The summed E-state index contributed by atoms with van der Waals surface area (Å²) in [7, 11) is 0. The van der Waals surface area contributed by atoms with Crippen LogP contribution in [0, 0.1) is 33.8 Å². The molecule has 8 aromatic carbocycles. The molecule has 125 heavy (non-hydrogen) atoms. The first-order valence-electron chi connectivity index (χ1n) is 40.9. The van der Waals surface area contributed by atoms with Crippen molar-refractivity contribution in [3.63, 3.8) is 0 Å². The van der Waals surface area contributed by atoms with E-state index in [4.69, 9.17) is 131 Å². The van der Waals surface area contributed by atoms with Gasteiger partial charge in [-0.2, -0.15) is 0 Å². The Kier molecular flexibility index (Phi) is 53.2. The molecule has 6 aliphatic rings. The van der Waals surface area contributed by atoms with Crippen LogP contribution in [0.25, 0.3) is 0 Å². The summed E-state index contributed by atoms with van der Waals surface area (Å²) in [5.74, 6) is 2.23. The van der Waals surface area contributed by atoms with Gasteiger partial charge in [0.05, 0.1) is 51.3 Å². The van der Waals surface area contributed by atoms with Crippen LogP contribution in [0.3, 0.4) is 0 Å². The molecule has 20 nitrogen and oxygen atoms in total. The van der Waals surface area contributed by atoms with Crippen LogP contribution < -0.4 is 41.3 Å². The number of nitrogens with one attached hydrogen (secondary N) is 5. The predicted octanol–water partition coefficient (Wildman–Crippen LogP) is 24.7. The molecule has 6 aliphatic heterocycles. The first kappa shape index (κ1) is 111. The lowest BCUT2D eigenvalue weighted by molar-refractivity contribution is -0.384. The molecule has 686 valence electrons. The topological polar surface area (TPSA) is 265 Å². The average Bonchev–Trinajstić information content (AvgIpc) is 0.822. The maximum atomic E-state index is 12.8. The molecule has 9 N–H and O–H groups in total. The summed E-state index contributed by atoms with van der Waals surface area (Å²) < 4.78 is 0. The van der Waals surface area contributed by atoms with Crippen LogP contribution in [-0.2, 0) is 0 Å². The Bertz CT molecular complexity index is 4430. The van der Waals surface area contributed by atoms with Crippen LogP contribution in [0.15, 0.2) is 170 Å². The normalized spacial score (nSPS) is 15.7. The zero-order chi connectivity index (χ0) is 87.2. The molecule has 0 aliphatic carbocycles. The lowest BCUT2D eigenvalue weighted by Gasteiger charge is -2.36. The minimum atomic E-state index is -0.575. The molecule has 0 atom stereocenters. The first-order valence-corrected chi connectivity index (χ1v) is 45.8. The zero-order valence-corrected chi connectivity index (χ0v) is 76.5. The summed E-state index contributed by atoms with van der Waals surface area (Å²) in [5.41, 5.74) is 6.96. The molecule has 3 amide bonds. The van der Waals surface area contributed by atoms with Crippen molar-refractivity contribution in [3.05, 3.63) is 247 Å². The highest BCUT2D eigenvalue weighted by Gasteiger charge is 2.28. The second-order valence-corrected chi connectivity index (χ2v) is 35.4. The molecule has 0 bridgehead atoms. The molecular weight excluding hydrogens is 1860 g/mol. The molecular formula is C94H123BrCl10N10O10. The predicted molar refractivity (Wildman–Crippen MR) is 531 cm³/mol. The van der Waals surface area contributed by atoms with E-state index in [1.54, 1.807) is 97.1 Å². The minimum Gasteiger partial charge on any atom is -0.396 e. The number of amides is 3. The molecule has 0 unspecified atom stereocenters. The van der Waals surface area contributed by atoms with Gasteiger partial charge in [0.1, 0.15) is 5.02 Å². The van der Waals surface area contributed by atoms with Crippen molar-refractivity contribution in [2.24, 2.45) is 23.7 Å². The van der Waals surface area contributed by atoms with Gasteiger partial charge in [0.15, 0.2) is 0 Å². The van der Waals surface area contributed by atoms with Crippen LogP contribution in [0.1, 0.15) is 174 Å². The lowest BCUT2D eigenvalue weighted by atomic mass is 9.92. The number of likely N-dealkylation sites (tertiary alicyclic amines) is 1. The van der Waals surface area contributed by atoms with E-state index >= 15 is 0 Å². The summed E-state index contributed by atoms with van der Waals surface area (Å²) in [6.45, 7) is 13.7. The number of carbonyl (C=O) groups excluding carboxylic acids is 4. The molecule has 0 radical (unpaired) electrons. The molecule has 6 heterocycles. The highest BCUT2D eigenvalue weighted by atomic mass is 79.9. The molecule has 0 aromatic heterocycles. The van der Waals surface area contributed by atoms with Gasteiger partial charge in [-0.3, -0.25) is 29.3 Å². The second-order valence-electron chi connectivity index (χ2n) is 30.3. The highest BCUT2D eigenvalue weighted by Crippen LogP contribution is 2.38. The fourth-order valence-corrected chi connectivity index (χ4v) is 17.1. The van der Waals surface area contributed by atoms with Crippen LogP contribution in [-0.4, -0.2) is 169 Å². The third-order valence-electron chi connectivity index (χ3n) is 21.7. The Morgan fingerprint density at radius 3 is 1.01 bits per heavy atom. The number of carbonyl (C=O) groups is 4. The second kappa shape index (κ2) is 59.8. The largest absolute Gasteiger partial charge is 0.396 e. The van der Waals surface area contributed by atoms with Crippen molar-refractivity contribution < 1.29 is 44.5 Å². The first-order chi connectivity index (χ1) is 58.2. The van der Waals surface area contributed by atoms with E-state index < -0.39 is 10.2 Å². The summed E-state index contributed by atoms with van der Waals surface area (Å²) >= 11 is 61.9. The number of alkyl halides is 1. The smallest absolute Gasteiger partial charge is 0.289 e. The van der Waals surface area contributed by atoms with Crippen molar-refractivity contribution in [2.45, 2.75) is 145 Å². The van der Waals surface area contributed by atoms with Gasteiger partial charge >= 0.3 is 0 Å². The van der Waals surface area contributed by atoms with E-state index in [1.165, 1.54) is 49.9 Å². The third-order valence-corrected chi connectivity index (χ3v) is 24.5. The number of nitro groups is 1. The van der Waals surface area contributed by atoms with Crippen molar-refractivity contribution in [3.8, 4) is 0 Å². The average molecular weight is 1990 g/mol. The van der Waals surface area contributed by atoms with Gasteiger partial charge in [-0.1, -0.05) is 174 Å². The number of piperidine rings is 6. The number of anilines is 6. The number of rotatable bonds is 20. The maximum Gasteiger partial charge on any atom is 0.289 e. The minimum absolute atomic E-state index is 0. The Labute approximate surface area is 798 Å². The van der Waals surface area contributed by atoms with Crippen LogP contribution >= 0.6 is 132 Å². The third kappa shape index (κ3) is 39.5. The Balaban J connectivity index is 0.000000323. The van der Waals surface area contributed by atoms with Gasteiger partial charge in [0, 0.05) is 139 Å². The summed E-state index contributed by atoms with van der Waals surface area (Å²) in [6.07, 6.45) is 17.0. The van der Waals surface area contributed by atoms with Crippen molar-refractivity contribution in [2.75, 3.05) is 134 Å². The van der Waals surface area contributed by atoms with Gasteiger partial charge in [-0.05, 0) is 310 Å². The van der Waals surface area contributed by atoms with Crippen molar-refractivity contribution in [1.82, 2.24) is 15.5 Å². The van der Waals surface area contributed by atoms with Crippen LogP contribution in [0.4, 0.5) is 39.8 Å².